The first-order valence-corrected chi connectivity index (χ1v) is 7.58. The molecule has 0 fully saturated rings. The monoisotopic (exact) mass is 300 g/mol. The number of nitrogens with zero attached hydrogens (tertiary/aromatic N) is 3. The lowest BCUT2D eigenvalue weighted by molar-refractivity contribution is -0.132. The van der Waals surface area contributed by atoms with Crippen LogP contribution in [0.15, 0.2) is 24.5 Å². The van der Waals surface area contributed by atoms with Crippen molar-refractivity contribution in [3.05, 3.63) is 47.0 Å². The van der Waals surface area contributed by atoms with E-state index in [2.05, 4.69) is 22.1 Å². The second-order valence-electron chi connectivity index (χ2n) is 5.91. The van der Waals surface area contributed by atoms with Gasteiger partial charge in [0.15, 0.2) is 0 Å². The van der Waals surface area contributed by atoms with E-state index < -0.39 is 0 Å². The molecule has 0 aliphatic rings. The second kappa shape index (κ2) is 6.73. The average molecular weight is 300 g/mol. The summed E-state index contributed by atoms with van der Waals surface area (Å²) >= 11 is 0. The summed E-state index contributed by atoms with van der Waals surface area (Å²) in [5, 5.41) is 7.20. The van der Waals surface area contributed by atoms with Crippen LogP contribution >= 0.6 is 0 Å². The summed E-state index contributed by atoms with van der Waals surface area (Å²) in [4.78, 5) is 18.4. The first kappa shape index (κ1) is 16.2. The number of nitrogens with one attached hydrogen (secondary N) is 1. The van der Waals surface area contributed by atoms with Gasteiger partial charge in [0.05, 0.1) is 11.7 Å². The van der Waals surface area contributed by atoms with Crippen LogP contribution in [-0.4, -0.2) is 33.0 Å². The molecule has 0 bridgehead atoms. The van der Waals surface area contributed by atoms with Gasteiger partial charge < -0.3 is 4.90 Å². The zero-order valence-electron chi connectivity index (χ0n) is 13.9. The Kier molecular flexibility index (Phi) is 4.96. The summed E-state index contributed by atoms with van der Waals surface area (Å²) in [5.41, 5.74) is 4.26. The normalized spacial score (nSPS) is 13.7. The molecular formula is C17H24N4O. The Balaban J connectivity index is 2.05. The van der Waals surface area contributed by atoms with Crippen molar-refractivity contribution in [1.29, 1.82) is 0 Å². The number of aromatic nitrogens is 3. The fraction of sp³-hybridized carbons (Fsp3) is 0.471. The van der Waals surface area contributed by atoms with Crippen molar-refractivity contribution in [1.82, 2.24) is 20.1 Å². The molecule has 0 aliphatic heterocycles. The highest BCUT2D eigenvalue weighted by molar-refractivity contribution is 5.77. The molecule has 0 spiro atoms. The van der Waals surface area contributed by atoms with E-state index in [0.717, 1.165) is 22.5 Å². The summed E-state index contributed by atoms with van der Waals surface area (Å²) in [7, 11) is 1.86. The van der Waals surface area contributed by atoms with Gasteiger partial charge in [-0.2, -0.15) is 5.10 Å². The van der Waals surface area contributed by atoms with Gasteiger partial charge >= 0.3 is 0 Å². The van der Waals surface area contributed by atoms with Crippen molar-refractivity contribution in [2.75, 3.05) is 7.05 Å². The summed E-state index contributed by atoms with van der Waals surface area (Å²) in [6, 6.07) is 3.93. The summed E-state index contributed by atoms with van der Waals surface area (Å²) in [6.45, 7) is 8.09. The highest BCUT2D eigenvalue weighted by Gasteiger charge is 2.22. The van der Waals surface area contributed by atoms with Gasteiger partial charge in [-0.25, -0.2) is 0 Å². The summed E-state index contributed by atoms with van der Waals surface area (Å²) in [5.74, 6) is 0.287. The van der Waals surface area contributed by atoms with Crippen molar-refractivity contribution >= 4 is 5.91 Å². The third kappa shape index (κ3) is 3.35. The lowest BCUT2D eigenvalue weighted by Gasteiger charge is -2.26. The molecule has 0 radical (unpaired) electrons. The molecule has 0 saturated heterocycles. The minimum absolute atomic E-state index is 0.0363. The largest absolute Gasteiger partial charge is 0.339 e. The average Bonchev–Trinajstić information content (AvgIpc) is 2.85. The van der Waals surface area contributed by atoms with Crippen molar-refractivity contribution < 1.29 is 4.79 Å². The topological polar surface area (TPSA) is 61.9 Å². The molecule has 2 atom stereocenters. The van der Waals surface area contributed by atoms with Crippen molar-refractivity contribution in [2.24, 2.45) is 0 Å². The molecule has 2 aromatic heterocycles. The summed E-state index contributed by atoms with van der Waals surface area (Å²) in [6.07, 6.45) is 3.99. The maximum Gasteiger partial charge on any atom is 0.223 e. The molecular weight excluding hydrogens is 276 g/mol. The van der Waals surface area contributed by atoms with Crippen LogP contribution in [0.25, 0.3) is 0 Å². The smallest absolute Gasteiger partial charge is 0.223 e. The first-order valence-electron chi connectivity index (χ1n) is 7.58. The number of rotatable bonds is 5. The second-order valence-corrected chi connectivity index (χ2v) is 5.91. The van der Waals surface area contributed by atoms with Crippen molar-refractivity contribution in [2.45, 2.75) is 46.1 Å². The van der Waals surface area contributed by atoms with Crippen LogP contribution in [0, 0.1) is 13.8 Å². The number of hydrogen-bond donors (Lipinski definition) is 1. The van der Waals surface area contributed by atoms with E-state index in [4.69, 9.17) is 0 Å². The van der Waals surface area contributed by atoms with Crippen LogP contribution in [0.4, 0.5) is 0 Å². The molecule has 2 aromatic rings. The number of carbonyl (C=O) groups excluding carboxylic acids is 1. The third-order valence-corrected chi connectivity index (χ3v) is 4.32. The SMILES string of the molecule is Cc1n[nH]c(C)c1C(C)CC(=O)N(C)C(C)c1ccncc1. The van der Waals surface area contributed by atoms with Gasteiger partial charge in [0.25, 0.3) is 0 Å². The molecule has 2 heterocycles. The zero-order chi connectivity index (χ0) is 16.3. The van der Waals surface area contributed by atoms with Crippen LogP contribution in [0.5, 0.6) is 0 Å². The Morgan fingerprint density at radius 1 is 1.27 bits per heavy atom. The molecule has 22 heavy (non-hydrogen) atoms. The highest BCUT2D eigenvalue weighted by Crippen LogP contribution is 2.26. The third-order valence-electron chi connectivity index (χ3n) is 4.32. The highest BCUT2D eigenvalue weighted by atomic mass is 16.2. The molecule has 5 nitrogen and oxygen atoms in total. The molecule has 0 saturated carbocycles. The van der Waals surface area contributed by atoms with E-state index in [1.807, 2.05) is 40.0 Å². The zero-order valence-corrected chi connectivity index (χ0v) is 13.9. The van der Waals surface area contributed by atoms with E-state index >= 15 is 0 Å². The predicted molar refractivity (Wildman–Crippen MR) is 86.5 cm³/mol. The van der Waals surface area contributed by atoms with Crippen LogP contribution in [0.1, 0.15) is 54.7 Å². The quantitative estimate of drug-likeness (QED) is 0.922. The molecule has 2 unspecified atom stereocenters. The number of amides is 1. The molecule has 118 valence electrons. The van der Waals surface area contributed by atoms with Gasteiger partial charge in [-0.15, -0.1) is 0 Å². The Morgan fingerprint density at radius 2 is 1.91 bits per heavy atom. The van der Waals surface area contributed by atoms with Gasteiger partial charge in [-0.1, -0.05) is 6.92 Å². The fourth-order valence-electron chi connectivity index (χ4n) is 2.88. The minimum Gasteiger partial charge on any atom is -0.339 e. The fourth-order valence-corrected chi connectivity index (χ4v) is 2.88. The van der Waals surface area contributed by atoms with E-state index in [9.17, 15) is 4.79 Å². The van der Waals surface area contributed by atoms with Crippen LogP contribution in [0.3, 0.4) is 0 Å². The van der Waals surface area contributed by atoms with E-state index in [0.29, 0.717) is 6.42 Å². The number of aryl methyl sites for hydroxylation is 2. The van der Waals surface area contributed by atoms with Crippen LogP contribution < -0.4 is 0 Å². The van der Waals surface area contributed by atoms with Crippen LogP contribution in [0.2, 0.25) is 0 Å². The van der Waals surface area contributed by atoms with Gasteiger partial charge in [-0.3, -0.25) is 14.9 Å². The summed E-state index contributed by atoms with van der Waals surface area (Å²) < 4.78 is 0. The standard InChI is InChI=1S/C17H24N4O/c1-11(17-12(2)19-20-13(17)3)10-16(22)21(5)14(4)15-6-8-18-9-7-15/h6-9,11,14H,10H2,1-5H3,(H,19,20). The van der Waals surface area contributed by atoms with E-state index in [1.54, 1.807) is 17.3 Å². The Labute approximate surface area is 131 Å². The minimum atomic E-state index is 0.0363. The van der Waals surface area contributed by atoms with E-state index in [1.165, 1.54) is 0 Å². The van der Waals surface area contributed by atoms with Gasteiger partial charge in [-0.05, 0) is 49.9 Å². The van der Waals surface area contributed by atoms with Gasteiger partial charge in [0.2, 0.25) is 5.91 Å². The maximum absolute atomic E-state index is 12.6. The van der Waals surface area contributed by atoms with Gasteiger partial charge in [0, 0.05) is 31.6 Å². The number of H-pyrrole nitrogens is 1. The number of carbonyl (C=O) groups is 1. The lowest BCUT2D eigenvalue weighted by atomic mass is 9.95. The number of pyridine rings is 1. The predicted octanol–water partition coefficient (Wildman–Crippen LogP) is 3.13. The first-order chi connectivity index (χ1) is 10.4. The molecule has 0 aliphatic carbocycles. The van der Waals surface area contributed by atoms with E-state index in [-0.39, 0.29) is 17.9 Å². The number of hydrogen-bond acceptors (Lipinski definition) is 3. The molecule has 2 rings (SSSR count). The molecule has 1 N–H and O–H groups in total. The molecule has 5 heteroatoms. The van der Waals surface area contributed by atoms with Crippen molar-refractivity contribution in [3.63, 3.8) is 0 Å². The van der Waals surface area contributed by atoms with Crippen molar-refractivity contribution in [3.8, 4) is 0 Å². The Morgan fingerprint density at radius 3 is 2.45 bits per heavy atom. The lowest BCUT2D eigenvalue weighted by Crippen LogP contribution is -2.30. The van der Waals surface area contributed by atoms with Crippen LogP contribution in [-0.2, 0) is 4.79 Å². The van der Waals surface area contributed by atoms with Gasteiger partial charge in [0.1, 0.15) is 0 Å². The number of aromatic amines is 1. The molecule has 1 amide bonds. The molecule has 0 aromatic carbocycles. The Bertz CT molecular complexity index is 616. The maximum atomic E-state index is 12.6. The Hall–Kier alpha value is -2.17.